The summed E-state index contributed by atoms with van der Waals surface area (Å²) in [7, 11) is 0. The van der Waals surface area contributed by atoms with Crippen molar-refractivity contribution in [3.8, 4) is 0 Å². The number of nitrogens with one attached hydrogen (secondary N) is 1. The van der Waals surface area contributed by atoms with Crippen LogP contribution in [0.5, 0.6) is 0 Å². The second kappa shape index (κ2) is 7.21. The van der Waals surface area contributed by atoms with Crippen molar-refractivity contribution in [2.75, 3.05) is 19.6 Å². The number of hydrogen-bond donors (Lipinski definition) is 1. The Labute approximate surface area is 131 Å². The van der Waals surface area contributed by atoms with Crippen LogP contribution in [0, 0.1) is 0 Å². The molecule has 0 spiro atoms. The van der Waals surface area contributed by atoms with Gasteiger partial charge in [0, 0.05) is 23.5 Å². The fourth-order valence-corrected chi connectivity index (χ4v) is 3.87. The van der Waals surface area contributed by atoms with Crippen molar-refractivity contribution in [1.82, 2.24) is 10.2 Å². The largest absolute Gasteiger partial charge is 0.308 e. The van der Waals surface area contributed by atoms with E-state index in [4.69, 9.17) is 0 Å². The Bertz CT molecular complexity index is 517. The summed E-state index contributed by atoms with van der Waals surface area (Å²) in [5, 5.41) is 5.88. The van der Waals surface area contributed by atoms with E-state index >= 15 is 0 Å². The monoisotopic (exact) mass is 300 g/mol. The van der Waals surface area contributed by atoms with E-state index in [1.54, 1.807) is 0 Å². The second-order valence-electron chi connectivity index (χ2n) is 5.81. The summed E-state index contributed by atoms with van der Waals surface area (Å²) in [4.78, 5) is 4.05. The van der Waals surface area contributed by atoms with Crippen LogP contribution in [-0.2, 0) is 0 Å². The summed E-state index contributed by atoms with van der Waals surface area (Å²) in [5.74, 6) is 0. The lowest BCUT2D eigenvalue weighted by Gasteiger charge is -2.29. The van der Waals surface area contributed by atoms with Gasteiger partial charge in [-0.3, -0.25) is 4.90 Å². The van der Waals surface area contributed by atoms with E-state index in [-0.39, 0.29) is 0 Å². The molecule has 1 N–H and O–H groups in total. The summed E-state index contributed by atoms with van der Waals surface area (Å²) in [6.45, 7) is 5.74. The van der Waals surface area contributed by atoms with E-state index in [2.05, 4.69) is 65.0 Å². The van der Waals surface area contributed by atoms with Crippen LogP contribution in [0.1, 0.15) is 42.3 Å². The van der Waals surface area contributed by atoms with Crippen molar-refractivity contribution in [1.29, 1.82) is 0 Å². The third-order valence-electron chi connectivity index (χ3n) is 4.35. The fraction of sp³-hybridized carbons (Fsp3) is 0.444. The predicted molar refractivity (Wildman–Crippen MR) is 90.7 cm³/mol. The van der Waals surface area contributed by atoms with Crippen molar-refractivity contribution in [3.05, 3.63) is 58.3 Å². The minimum Gasteiger partial charge on any atom is -0.308 e. The number of likely N-dealkylation sites (tertiary alicyclic amines) is 1. The Kier molecular flexibility index (Phi) is 5.07. The van der Waals surface area contributed by atoms with Crippen molar-refractivity contribution in [2.24, 2.45) is 0 Å². The van der Waals surface area contributed by atoms with Crippen LogP contribution in [0.15, 0.2) is 47.8 Å². The molecule has 0 aliphatic carbocycles. The van der Waals surface area contributed by atoms with Crippen LogP contribution in [0.3, 0.4) is 0 Å². The SMILES string of the molecule is CC(NCC(c1ccccc1)N1CCCC1)c1cccs1. The Morgan fingerprint density at radius 2 is 1.86 bits per heavy atom. The van der Waals surface area contributed by atoms with Crippen LogP contribution < -0.4 is 5.32 Å². The third kappa shape index (κ3) is 3.73. The maximum Gasteiger partial charge on any atom is 0.0472 e. The van der Waals surface area contributed by atoms with Crippen LogP contribution >= 0.6 is 11.3 Å². The lowest BCUT2D eigenvalue weighted by Crippen LogP contribution is -2.35. The van der Waals surface area contributed by atoms with Gasteiger partial charge < -0.3 is 5.32 Å². The molecule has 2 atom stereocenters. The molecule has 0 radical (unpaired) electrons. The number of rotatable bonds is 6. The Balaban J connectivity index is 1.67. The molecule has 3 heteroatoms. The van der Waals surface area contributed by atoms with Gasteiger partial charge in [-0.15, -0.1) is 11.3 Å². The predicted octanol–water partition coefficient (Wildman–Crippen LogP) is 4.24. The van der Waals surface area contributed by atoms with E-state index in [9.17, 15) is 0 Å². The molecular formula is C18H24N2S. The zero-order valence-corrected chi connectivity index (χ0v) is 13.5. The molecule has 3 rings (SSSR count). The molecule has 2 aromatic rings. The van der Waals surface area contributed by atoms with Gasteiger partial charge in [0.15, 0.2) is 0 Å². The van der Waals surface area contributed by atoms with Gasteiger partial charge >= 0.3 is 0 Å². The average Bonchev–Trinajstić information content (AvgIpc) is 3.22. The summed E-state index contributed by atoms with van der Waals surface area (Å²) >= 11 is 1.83. The molecule has 1 fully saturated rings. The number of nitrogens with zero attached hydrogens (tertiary/aromatic N) is 1. The quantitative estimate of drug-likeness (QED) is 0.858. The minimum absolute atomic E-state index is 0.429. The second-order valence-corrected chi connectivity index (χ2v) is 6.79. The molecule has 2 nitrogen and oxygen atoms in total. The number of hydrogen-bond acceptors (Lipinski definition) is 3. The molecule has 2 heterocycles. The smallest absolute Gasteiger partial charge is 0.0472 e. The van der Waals surface area contributed by atoms with E-state index in [1.165, 1.54) is 36.4 Å². The number of thiophene rings is 1. The molecule has 0 bridgehead atoms. The molecule has 1 aromatic carbocycles. The molecule has 1 aliphatic heterocycles. The van der Waals surface area contributed by atoms with Crippen molar-refractivity contribution >= 4 is 11.3 Å². The van der Waals surface area contributed by atoms with Gasteiger partial charge in [-0.1, -0.05) is 36.4 Å². The van der Waals surface area contributed by atoms with Crippen molar-refractivity contribution in [3.63, 3.8) is 0 Å². The molecule has 2 unspecified atom stereocenters. The highest BCUT2D eigenvalue weighted by atomic mass is 32.1. The highest BCUT2D eigenvalue weighted by Crippen LogP contribution is 2.26. The zero-order chi connectivity index (χ0) is 14.5. The van der Waals surface area contributed by atoms with Gasteiger partial charge in [-0.05, 0) is 49.9 Å². The number of benzene rings is 1. The summed E-state index contributed by atoms with van der Waals surface area (Å²) in [5.41, 5.74) is 1.44. The molecule has 1 aliphatic rings. The van der Waals surface area contributed by atoms with E-state index < -0.39 is 0 Å². The van der Waals surface area contributed by atoms with Gasteiger partial charge in [0.05, 0.1) is 0 Å². The van der Waals surface area contributed by atoms with E-state index in [1.807, 2.05) is 11.3 Å². The molecule has 1 saturated heterocycles. The first-order valence-corrected chi connectivity index (χ1v) is 8.78. The van der Waals surface area contributed by atoms with Gasteiger partial charge in [0.25, 0.3) is 0 Å². The lowest BCUT2D eigenvalue weighted by atomic mass is 10.1. The van der Waals surface area contributed by atoms with Gasteiger partial charge in [0.1, 0.15) is 0 Å². The molecule has 0 amide bonds. The first-order chi connectivity index (χ1) is 10.3. The fourth-order valence-electron chi connectivity index (χ4n) is 3.11. The first-order valence-electron chi connectivity index (χ1n) is 7.90. The van der Waals surface area contributed by atoms with Crippen LogP contribution in [-0.4, -0.2) is 24.5 Å². The first kappa shape index (κ1) is 14.8. The van der Waals surface area contributed by atoms with Crippen molar-refractivity contribution in [2.45, 2.75) is 31.8 Å². The highest BCUT2D eigenvalue weighted by molar-refractivity contribution is 7.10. The Morgan fingerprint density at radius 3 is 2.52 bits per heavy atom. The maximum atomic E-state index is 3.73. The summed E-state index contributed by atoms with van der Waals surface area (Å²) in [6.07, 6.45) is 2.67. The van der Waals surface area contributed by atoms with Crippen LogP contribution in [0.4, 0.5) is 0 Å². The Hall–Kier alpha value is -1.16. The molecular weight excluding hydrogens is 276 g/mol. The zero-order valence-electron chi connectivity index (χ0n) is 12.7. The minimum atomic E-state index is 0.429. The molecule has 112 valence electrons. The normalized spacial score (nSPS) is 18.7. The maximum absolute atomic E-state index is 3.73. The Morgan fingerprint density at radius 1 is 1.10 bits per heavy atom. The standard InChI is InChI=1S/C18H24N2S/c1-15(18-10-7-13-21-18)19-14-17(20-11-5-6-12-20)16-8-3-2-4-9-16/h2-4,7-10,13,15,17,19H,5-6,11-12,14H2,1H3. The van der Waals surface area contributed by atoms with E-state index in [0.29, 0.717) is 12.1 Å². The van der Waals surface area contributed by atoms with Crippen LogP contribution in [0.25, 0.3) is 0 Å². The molecule has 0 saturated carbocycles. The third-order valence-corrected chi connectivity index (χ3v) is 5.41. The van der Waals surface area contributed by atoms with Gasteiger partial charge in [0.2, 0.25) is 0 Å². The van der Waals surface area contributed by atoms with E-state index in [0.717, 1.165) is 6.54 Å². The van der Waals surface area contributed by atoms with Gasteiger partial charge in [-0.2, -0.15) is 0 Å². The highest BCUT2D eigenvalue weighted by Gasteiger charge is 2.23. The molecule has 1 aromatic heterocycles. The summed E-state index contributed by atoms with van der Waals surface area (Å²) in [6, 6.07) is 16.2. The summed E-state index contributed by atoms with van der Waals surface area (Å²) < 4.78 is 0. The van der Waals surface area contributed by atoms with Gasteiger partial charge in [-0.25, -0.2) is 0 Å². The topological polar surface area (TPSA) is 15.3 Å². The average molecular weight is 300 g/mol. The molecule has 21 heavy (non-hydrogen) atoms. The van der Waals surface area contributed by atoms with Crippen molar-refractivity contribution < 1.29 is 0 Å². The lowest BCUT2D eigenvalue weighted by molar-refractivity contribution is 0.234. The van der Waals surface area contributed by atoms with Crippen LogP contribution in [0.2, 0.25) is 0 Å².